The third kappa shape index (κ3) is 4.34. The van der Waals surface area contributed by atoms with E-state index in [0.717, 1.165) is 5.56 Å². The Balaban J connectivity index is 0.000000211. The van der Waals surface area contributed by atoms with Crippen molar-refractivity contribution < 1.29 is 9.90 Å². The predicted octanol–water partition coefficient (Wildman–Crippen LogP) is 1.90. The van der Waals surface area contributed by atoms with Crippen molar-refractivity contribution in [2.45, 2.75) is 0 Å². The highest BCUT2D eigenvalue weighted by atomic mass is 16.4. The number of aromatic nitrogens is 4. The van der Waals surface area contributed by atoms with E-state index in [1.807, 2.05) is 30.3 Å². The van der Waals surface area contributed by atoms with E-state index in [9.17, 15) is 4.79 Å². The average Bonchev–Trinajstić information content (AvgIpc) is 2.57. The van der Waals surface area contributed by atoms with Gasteiger partial charge in [0.2, 0.25) is 0 Å². The minimum Gasteiger partial charge on any atom is -0.478 e. The molecule has 0 amide bonds. The molecule has 3 rings (SSSR count). The summed E-state index contributed by atoms with van der Waals surface area (Å²) in [7, 11) is 0. The van der Waals surface area contributed by atoms with Gasteiger partial charge in [-0.1, -0.05) is 30.3 Å². The van der Waals surface area contributed by atoms with Gasteiger partial charge in [0.25, 0.3) is 0 Å². The van der Waals surface area contributed by atoms with Gasteiger partial charge in [-0.05, 0) is 6.07 Å². The van der Waals surface area contributed by atoms with E-state index in [1.165, 1.54) is 18.7 Å². The summed E-state index contributed by atoms with van der Waals surface area (Å²) in [5.74, 6) is 0.0187. The number of nitrogens with zero attached hydrogens (tertiary/aromatic N) is 4. The van der Waals surface area contributed by atoms with Gasteiger partial charge in [0.1, 0.15) is 12.1 Å². The van der Waals surface area contributed by atoms with Crippen LogP contribution in [0.2, 0.25) is 0 Å². The first kappa shape index (κ1) is 15.0. The molecule has 2 aromatic heterocycles. The molecule has 1 aromatic carbocycles. The molecular formula is C15H13N5O2. The molecule has 0 aliphatic rings. The normalized spacial score (nSPS) is 9.45. The van der Waals surface area contributed by atoms with E-state index in [1.54, 1.807) is 12.3 Å². The van der Waals surface area contributed by atoms with Crippen molar-refractivity contribution in [3.8, 4) is 11.4 Å². The SMILES string of the molecule is Nc1ccncn1.O=C(O)c1cnc(-c2ccccc2)nc1. The molecule has 0 radical (unpaired) electrons. The molecule has 0 saturated carbocycles. The van der Waals surface area contributed by atoms with E-state index in [0.29, 0.717) is 11.6 Å². The van der Waals surface area contributed by atoms with Gasteiger partial charge in [-0.25, -0.2) is 24.7 Å². The molecule has 110 valence electrons. The second-order valence-corrected chi connectivity index (χ2v) is 4.10. The van der Waals surface area contributed by atoms with Crippen LogP contribution in [0.5, 0.6) is 0 Å². The second kappa shape index (κ2) is 7.44. The molecule has 3 N–H and O–H groups in total. The van der Waals surface area contributed by atoms with Crippen LogP contribution in [0.1, 0.15) is 10.4 Å². The number of benzene rings is 1. The van der Waals surface area contributed by atoms with Crippen LogP contribution in [0.25, 0.3) is 11.4 Å². The first-order valence-corrected chi connectivity index (χ1v) is 6.29. The molecule has 7 heteroatoms. The highest BCUT2D eigenvalue weighted by Gasteiger charge is 2.04. The third-order valence-corrected chi connectivity index (χ3v) is 2.54. The Bertz CT molecular complexity index is 718. The molecule has 0 atom stereocenters. The monoisotopic (exact) mass is 295 g/mol. The van der Waals surface area contributed by atoms with Gasteiger partial charge in [-0.3, -0.25) is 0 Å². The average molecular weight is 295 g/mol. The predicted molar refractivity (Wildman–Crippen MR) is 80.9 cm³/mol. The van der Waals surface area contributed by atoms with Crippen LogP contribution in [0.4, 0.5) is 5.82 Å². The number of carboxylic acids is 1. The van der Waals surface area contributed by atoms with Gasteiger partial charge in [0, 0.05) is 24.2 Å². The molecule has 0 bridgehead atoms. The van der Waals surface area contributed by atoms with Crippen molar-refractivity contribution in [1.82, 2.24) is 19.9 Å². The van der Waals surface area contributed by atoms with E-state index in [-0.39, 0.29) is 5.56 Å². The topological polar surface area (TPSA) is 115 Å². The van der Waals surface area contributed by atoms with Crippen LogP contribution in [-0.2, 0) is 0 Å². The van der Waals surface area contributed by atoms with Crippen LogP contribution in [0, 0.1) is 0 Å². The largest absolute Gasteiger partial charge is 0.478 e. The Kier molecular flexibility index (Phi) is 5.09. The summed E-state index contributed by atoms with van der Waals surface area (Å²) in [6.45, 7) is 0. The van der Waals surface area contributed by atoms with Crippen LogP contribution >= 0.6 is 0 Å². The van der Waals surface area contributed by atoms with Crippen LogP contribution < -0.4 is 5.73 Å². The van der Waals surface area contributed by atoms with E-state index >= 15 is 0 Å². The number of rotatable bonds is 2. The molecular weight excluding hydrogens is 282 g/mol. The zero-order valence-corrected chi connectivity index (χ0v) is 11.5. The summed E-state index contributed by atoms with van der Waals surface area (Å²) in [5.41, 5.74) is 6.17. The third-order valence-electron chi connectivity index (χ3n) is 2.54. The number of aromatic carboxylic acids is 1. The Morgan fingerprint density at radius 2 is 1.68 bits per heavy atom. The van der Waals surface area contributed by atoms with Gasteiger partial charge in [0.15, 0.2) is 5.82 Å². The van der Waals surface area contributed by atoms with Gasteiger partial charge in [-0.15, -0.1) is 0 Å². The smallest absolute Gasteiger partial charge is 0.338 e. The summed E-state index contributed by atoms with van der Waals surface area (Å²) in [4.78, 5) is 25.8. The molecule has 2 heterocycles. The lowest BCUT2D eigenvalue weighted by molar-refractivity contribution is 0.0696. The standard InChI is InChI=1S/C11H8N2O2.C4H5N3/c14-11(15)9-6-12-10(13-7-9)8-4-2-1-3-5-8;5-4-1-2-6-3-7-4/h1-7H,(H,14,15);1-3H,(H2,5,6,7). The molecule has 22 heavy (non-hydrogen) atoms. The number of hydrogen-bond acceptors (Lipinski definition) is 6. The summed E-state index contributed by atoms with van der Waals surface area (Å²) in [6.07, 6.45) is 5.62. The van der Waals surface area contributed by atoms with Crippen molar-refractivity contribution in [3.05, 3.63) is 66.9 Å². The summed E-state index contributed by atoms with van der Waals surface area (Å²) in [5, 5.41) is 8.67. The zero-order chi connectivity index (χ0) is 15.8. The number of carboxylic acid groups (broad SMARTS) is 1. The number of carbonyl (C=O) groups is 1. The van der Waals surface area contributed by atoms with Gasteiger partial charge < -0.3 is 10.8 Å². The Labute approximate surface area is 126 Å². The fourth-order valence-electron chi connectivity index (χ4n) is 1.48. The number of nitrogens with two attached hydrogens (primary N) is 1. The number of hydrogen-bond donors (Lipinski definition) is 2. The molecule has 3 aromatic rings. The molecule has 7 nitrogen and oxygen atoms in total. The number of nitrogen functional groups attached to an aromatic ring is 1. The highest BCUT2D eigenvalue weighted by Crippen LogP contribution is 2.12. The maximum atomic E-state index is 10.6. The highest BCUT2D eigenvalue weighted by molar-refractivity contribution is 5.86. The maximum absolute atomic E-state index is 10.6. The fraction of sp³-hybridized carbons (Fsp3) is 0. The van der Waals surface area contributed by atoms with Crippen molar-refractivity contribution in [2.75, 3.05) is 5.73 Å². The Hall–Kier alpha value is -3.35. The summed E-state index contributed by atoms with van der Waals surface area (Å²) >= 11 is 0. The van der Waals surface area contributed by atoms with E-state index in [4.69, 9.17) is 10.8 Å². The molecule has 0 spiro atoms. The van der Waals surface area contributed by atoms with Crippen LogP contribution in [-0.4, -0.2) is 31.0 Å². The second-order valence-electron chi connectivity index (χ2n) is 4.10. The lowest BCUT2D eigenvalue weighted by atomic mass is 10.2. The van der Waals surface area contributed by atoms with E-state index in [2.05, 4.69) is 19.9 Å². The van der Waals surface area contributed by atoms with Crippen LogP contribution in [0.15, 0.2) is 61.3 Å². The molecule has 0 aliphatic heterocycles. The summed E-state index contributed by atoms with van der Waals surface area (Å²) in [6, 6.07) is 11.0. The number of anilines is 1. The molecule has 0 fully saturated rings. The lowest BCUT2D eigenvalue weighted by Gasteiger charge is -1.99. The fourth-order valence-corrected chi connectivity index (χ4v) is 1.48. The van der Waals surface area contributed by atoms with Crippen LogP contribution in [0.3, 0.4) is 0 Å². The van der Waals surface area contributed by atoms with Crippen molar-refractivity contribution in [1.29, 1.82) is 0 Å². The van der Waals surface area contributed by atoms with Gasteiger partial charge in [0.05, 0.1) is 5.56 Å². The van der Waals surface area contributed by atoms with Crippen molar-refractivity contribution in [2.24, 2.45) is 0 Å². The molecule has 0 unspecified atom stereocenters. The minimum absolute atomic E-state index is 0.0923. The zero-order valence-electron chi connectivity index (χ0n) is 11.5. The van der Waals surface area contributed by atoms with Crippen molar-refractivity contribution in [3.63, 3.8) is 0 Å². The molecule has 0 aliphatic carbocycles. The Morgan fingerprint density at radius 1 is 1.00 bits per heavy atom. The quantitative estimate of drug-likeness (QED) is 0.741. The lowest BCUT2D eigenvalue weighted by Crippen LogP contribution is -1.99. The maximum Gasteiger partial charge on any atom is 0.338 e. The van der Waals surface area contributed by atoms with Gasteiger partial charge in [-0.2, -0.15) is 0 Å². The summed E-state index contributed by atoms with van der Waals surface area (Å²) < 4.78 is 0. The van der Waals surface area contributed by atoms with Gasteiger partial charge >= 0.3 is 5.97 Å². The Morgan fingerprint density at radius 3 is 2.14 bits per heavy atom. The van der Waals surface area contributed by atoms with Crippen molar-refractivity contribution >= 4 is 11.8 Å². The van der Waals surface area contributed by atoms with E-state index < -0.39 is 5.97 Å². The first-order valence-electron chi connectivity index (χ1n) is 6.29. The first-order chi connectivity index (χ1) is 10.7. The molecule has 0 saturated heterocycles. The minimum atomic E-state index is -1.02.